The van der Waals surface area contributed by atoms with Gasteiger partial charge in [0.15, 0.2) is 0 Å². The zero-order valence-corrected chi connectivity index (χ0v) is 51.6. The molecule has 2 unspecified atom stereocenters. The molecule has 2 bridgehead atoms. The molecular formula is C79H90N2. The van der Waals surface area contributed by atoms with E-state index in [4.69, 9.17) is 0 Å². The molecule has 0 aromatic heterocycles. The van der Waals surface area contributed by atoms with E-state index in [9.17, 15) is 0 Å². The smallest absolute Gasteiger partial charge is 0.0520 e. The van der Waals surface area contributed by atoms with E-state index in [1.54, 1.807) is 11.1 Å². The van der Waals surface area contributed by atoms with Crippen LogP contribution in [0.25, 0.3) is 16.7 Å². The molecule has 0 radical (unpaired) electrons. The number of benzene rings is 8. The van der Waals surface area contributed by atoms with Crippen molar-refractivity contribution in [2.75, 3.05) is 9.80 Å². The highest BCUT2D eigenvalue weighted by Gasteiger charge is 2.58. The first-order valence-electron chi connectivity index (χ1n) is 30.9. The number of nitrogens with zero attached hydrogens (tertiary/aromatic N) is 2. The Morgan fingerprint density at radius 2 is 0.778 bits per heavy atom. The van der Waals surface area contributed by atoms with E-state index in [0.717, 1.165) is 38.5 Å². The third-order valence-electron chi connectivity index (χ3n) is 18.8. The summed E-state index contributed by atoms with van der Waals surface area (Å²) in [6.45, 7) is 32.3. The number of hydrogen-bond donors (Lipinski definition) is 0. The Morgan fingerprint density at radius 1 is 0.407 bits per heavy atom. The van der Waals surface area contributed by atoms with Gasteiger partial charge in [-0.15, -0.1) is 0 Å². The van der Waals surface area contributed by atoms with Crippen LogP contribution in [0.15, 0.2) is 163 Å². The second-order valence-corrected chi connectivity index (χ2v) is 27.2. The molecule has 0 N–H and O–H groups in total. The van der Waals surface area contributed by atoms with E-state index in [-0.39, 0.29) is 16.2 Å². The summed E-state index contributed by atoms with van der Waals surface area (Å²) in [5.74, 6) is 0.806. The Balaban J connectivity index is 1.15. The fraction of sp³-hybridized carbons (Fsp3) is 0.367. The van der Waals surface area contributed by atoms with Crippen LogP contribution in [0, 0.1) is 53.4 Å². The number of allylic oxidation sites excluding steroid dienone is 2. The highest BCUT2D eigenvalue weighted by molar-refractivity contribution is 6.00. The minimum Gasteiger partial charge on any atom is -0.310 e. The second-order valence-electron chi connectivity index (χ2n) is 27.2. The number of unbranched alkanes of at least 4 members (excludes halogenated alkanes) is 2. The molecule has 2 atom stereocenters. The summed E-state index contributed by atoms with van der Waals surface area (Å²) in [5, 5.41) is 0. The van der Waals surface area contributed by atoms with Crippen molar-refractivity contribution in [1.82, 2.24) is 0 Å². The van der Waals surface area contributed by atoms with Crippen LogP contribution in [0.2, 0.25) is 0 Å². The zero-order chi connectivity index (χ0) is 57.1. The van der Waals surface area contributed by atoms with Crippen LogP contribution in [0.1, 0.15) is 172 Å². The Labute approximate surface area is 488 Å². The summed E-state index contributed by atoms with van der Waals surface area (Å²) in [7, 11) is 0. The Kier molecular flexibility index (Phi) is 15.3. The fourth-order valence-electron chi connectivity index (χ4n) is 14.6. The van der Waals surface area contributed by atoms with Gasteiger partial charge in [-0.1, -0.05) is 194 Å². The second kappa shape index (κ2) is 22.1. The third kappa shape index (κ3) is 10.8. The summed E-state index contributed by atoms with van der Waals surface area (Å²) < 4.78 is 0. The normalized spacial score (nSPS) is 17.3. The van der Waals surface area contributed by atoms with Crippen molar-refractivity contribution < 1.29 is 0 Å². The maximum atomic E-state index is 2.66. The van der Waals surface area contributed by atoms with Crippen LogP contribution in [-0.2, 0) is 41.9 Å². The number of aryl methyl sites for hydroxylation is 8. The number of anilines is 6. The summed E-state index contributed by atoms with van der Waals surface area (Å²) in [4.78, 5) is 5.17. The molecule has 0 amide bonds. The first-order chi connectivity index (χ1) is 38.7. The maximum Gasteiger partial charge on any atom is 0.0520 e. The van der Waals surface area contributed by atoms with Crippen molar-refractivity contribution in [2.24, 2.45) is 11.8 Å². The summed E-state index contributed by atoms with van der Waals surface area (Å²) in [6, 6.07) is 63.0. The topological polar surface area (TPSA) is 6.48 Å². The Morgan fingerprint density at radius 3 is 1.17 bits per heavy atom. The van der Waals surface area contributed by atoms with Gasteiger partial charge < -0.3 is 9.80 Å². The van der Waals surface area contributed by atoms with Gasteiger partial charge in [0.25, 0.3) is 0 Å². The molecule has 2 heteroatoms. The minimum atomic E-state index is -0.183. The summed E-state index contributed by atoms with van der Waals surface area (Å²) in [6.07, 6.45) is 11.5. The number of fused-ring (bicyclic) bond motifs is 3. The van der Waals surface area contributed by atoms with Gasteiger partial charge in [-0.3, -0.25) is 0 Å². The average Bonchev–Trinajstić information content (AvgIpc) is 4.05. The molecule has 2 nitrogen and oxygen atoms in total. The van der Waals surface area contributed by atoms with Gasteiger partial charge >= 0.3 is 0 Å². The third-order valence-corrected chi connectivity index (χ3v) is 18.8. The molecule has 3 aliphatic rings. The molecule has 8 aromatic rings. The van der Waals surface area contributed by atoms with Crippen LogP contribution >= 0.6 is 0 Å². The van der Waals surface area contributed by atoms with Crippen LogP contribution in [0.5, 0.6) is 0 Å². The molecule has 0 heterocycles. The lowest BCUT2D eigenvalue weighted by Gasteiger charge is -2.42. The van der Waals surface area contributed by atoms with Gasteiger partial charge in [-0.2, -0.15) is 0 Å². The molecule has 0 saturated carbocycles. The van der Waals surface area contributed by atoms with Crippen molar-refractivity contribution in [3.63, 3.8) is 0 Å². The van der Waals surface area contributed by atoms with E-state index >= 15 is 0 Å². The highest BCUT2D eigenvalue weighted by atomic mass is 15.2. The highest BCUT2D eigenvalue weighted by Crippen LogP contribution is 2.69. The molecule has 0 saturated heterocycles. The molecule has 0 fully saturated rings. The van der Waals surface area contributed by atoms with Gasteiger partial charge in [0.2, 0.25) is 0 Å². The largest absolute Gasteiger partial charge is 0.310 e. The van der Waals surface area contributed by atoms with Crippen LogP contribution in [0.3, 0.4) is 0 Å². The van der Waals surface area contributed by atoms with Crippen LogP contribution < -0.4 is 9.80 Å². The van der Waals surface area contributed by atoms with E-state index in [2.05, 4.69) is 264 Å². The van der Waals surface area contributed by atoms with Gasteiger partial charge in [-0.05, 0) is 248 Å². The molecule has 11 rings (SSSR count). The van der Waals surface area contributed by atoms with Crippen molar-refractivity contribution in [3.05, 3.63) is 241 Å². The summed E-state index contributed by atoms with van der Waals surface area (Å²) in [5.41, 5.74) is 32.6. The van der Waals surface area contributed by atoms with E-state index in [0.29, 0.717) is 11.8 Å². The van der Waals surface area contributed by atoms with Crippen LogP contribution in [0.4, 0.5) is 34.1 Å². The van der Waals surface area contributed by atoms with Crippen molar-refractivity contribution in [3.8, 4) is 11.1 Å². The van der Waals surface area contributed by atoms with Gasteiger partial charge in [0.05, 0.1) is 11.4 Å². The molecule has 3 aliphatic carbocycles. The molecule has 8 aromatic carbocycles. The molecule has 416 valence electrons. The predicted molar refractivity (Wildman–Crippen MR) is 349 cm³/mol. The van der Waals surface area contributed by atoms with Crippen LogP contribution in [-0.4, -0.2) is 0 Å². The maximum absolute atomic E-state index is 2.66. The van der Waals surface area contributed by atoms with Crippen molar-refractivity contribution in [2.45, 2.75) is 177 Å². The number of rotatable bonds is 16. The number of hydrogen-bond acceptors (Lipinski definition) is 2. The SMILES string of the molecule is CCCCc1ccc(CC2CC34CC(Cc5ccc(CCCC)cc5)C2=C3c2cc(N(c3ccc(C)cc3)c3c(C)cc(C(C)(C)C)cc3C)ccc2-c2ccc(N(c3ccc(C)cc3)c3c(C)cc(C(C)(C)C)cc3C)cc24)cc1. The van der Waals surface area contributed by atoms with Crippen molar-refractivity contribution in [1.29, 1.82) is 0 Å². The lowest BCUT2D eigenvalue weighted by molar-refractivity contribution is 0.318. The molecule has 81 heavy (non-hydrogen) atoms. The first kappa shape index (κ1) is 56.0. The Hall–Kier alpha value is -6.90. The fourth-order valence-corrected chi connectivity index (χ4v) is 14.6. The van der Waals surface area contributed by atoms with Gasteiger partial charge in [0, 0.05) is 28.2 Å². The van der Waals surface area contributed by atoms with E-state index in [1.807, 2.05) is 0 Å². The minimum absolute atomic E-state index is 0.0404. The lowest BCUT2D eigenvalue weighted by Crippen LogP contribution is -2.33. The summed E-state index contributed by atoms with van der Waals surface area (Å²) >= 11 is 0. The predicted octanol–water partition coefficient (Wildman–Crippen LogP) is 22.0. The standard InChI is InChI=1S/C79H90N2/c1-15-17-19-57-25-29-59(30-26-57)45-61-49-79-50-62(46-60-31-27-58(28-32-60)20-18-16-2)73(61)74(79)71-47-67(80(65-33-21-51(3)22-34-65)75-53(5)41-63(42-54(75)6)77(9,10)11)37-39-69(71)70-40-38-68(48-72(70)79)81(66-35-23-52(4)24-36-66)76-55(7)43-64(44-56(76)8)78(12,13)14/h21-44,47-48,61-62H,15-20,45-46,49-50H2,1-14H3. The lowest BCUT2D eigenvalue weighted by atomic mass is 9.62. The average molecular weight is 1070 g/mol. The zero-order valence-electron chi connectivity index (χ0n) is 51.6. The van der Waals surface area contributed by atoms with Crippen molar-refractivity contribution >= 4 is 39.7 Å². The quantitative estimate of drug-likeness (QED) is 0.0951. The van der Waals surface area contributed by atoms with Gasteiger partial charge in [-0.25, -0.2) is 0 Å². The molecule has 0 spiro atoms. The monoisotopic (exact) mass is 1070 g/mol. The Bertz CT molecular complexity index is 3520. The first-order valence-corrected chi connectivity index (χ1v) is 30.9. The van der Waals surface area contributed by atoms with Gasteiger partial charge in [0.1, 0.15) is 0 Å². The van der Waals surface area contributed by atoms with E-state index < -0.39 is 0 Å². The molecular weight excluding hydrogens is 977 g/mol. The van der Waals surface area contributed by atoms with E-state index in [1.165, 1.54) is 149 Å². The molecule has 0 aliphatic heterocycles.